The smallest absolute Gasteiger partial charge is 0.369 e. The van der Waals surface area contributed by atoms with Crippen LogP contribution in [0.2, 0.25) is 0 Å². The number of halogens is 3. The third-order valence-electron chi connectivity index (χ3n) is 4.43. The van der Waals surface area contributed by atoms with E-state index in [9.17, 15) is 21.6 Å². The molecule has 140 valence electrons. The first-order chi connectivity index (χ1) is 12.2. The molecular formula is C18H19F3N2O2S. The Morgan fingerprint density at radius 2 is 1.54 bits per heavy atom. The van der Waals surface area contributed by atoms with E-state index in [1.54, 1.807) is 18.2 Å². The lowest BCUT2D eigenvalue weighted by Gasteiger charge is -2.35. The second-order valence-corrected chi connectivity index (χ2v) is 8.19. The number of rotatable bonds is 3. The van der Waals surface area contributed by atoms with Gasteiger partial charge in [-0.05, 0) is 48.9 Å². The topological polar surface area (TPSA) is 40.6 Å². The Kier molecular flexibility index (Phi) is 4.98. The summed E-state index contributed by atoms with van der Waals surface area (Å²) in [5, 5.41) is 0. The van der Waals surface area contributed by atoms with Crippen molar-refractivity contribution in [3.63, 3.8) is 0 Å². The molecule has 4 nitrogen and oxygen atoms in total. The number of hydrogen-bond donors (Lipinski definition) is 0. The van der Waals surface area contributed by atoms with Crippen LogP contribution in [0.5, 0.6) is 0 Å². The first kappa shape index (κ1) is 18.7. The van der Waals surface area contributed by atoms with E-state index < -0.39 is 21.8 Å². The maximum absolute atomic E-state index is 12.7. The molecule has 0 saturated carbocycles. The van der Waals surface area contributed by atoms with Crippen LogP contribution in [0.15, 0.2) is 53.4 Å². The Morgan fingerprint density at radius 1 is 0.923 bits per heavy atom. The van der Waals surface area contributed by atoms with Gasteiger partial charge in [0.25, 0.3) is 0 Å². The van der Waals surface area contributed by atoms with Crippen molar-refractivity contribution in [2.24, 2.45) is 0 Å². The van der Waals surface area contributed by atoms with E-state index in [-0.39, 0.29) is 18.0 Å². The monoisotopic (exact) mass is 384 g/mol. The van der Waals surface area contributed by atoms with Gasteiger partial charge in [0.2, 0.25) is 10.0 Å². The first-order valence-corrected chi connectivity index (χ1v) is 9.61. The second kappa shape index (κ2) is 6.92. The number of anilines is 1. The normalized spacial score (nSPS) is 16.7. The molecule has 8 heteroatoms. The van der Waals surface area contributed by atoms with Gasteiger partial charge < -0.3 is 4.90 Å². The van der Waals surface area contributed by atoms with Gasteiger partial charge in [0.1, 0.15) is 0 Å². The molecule has 2 aromatic carbocycles. The van der Waals surface area contributed by atoms with Crippen LogP contribution in [-0.4, -0.2) is 38.9 Å². The highest BCUT2D eigenvalue weighted by Gasteiger charge is 2.31. The molecule has 2 aromatic rings. The molecule has 0 N–H and O–H groups in total. The third kappa shape index (κ3) is 3.86. The largest absolute Gasteiger partial charge is 0.416 e. The Labute approximate surface area is 150 Å². The van der Waals surface area contributed by atoms with Crippen LogP contribution in [0.4, 0.5) is 18.9 Å². The molecule has 0 spiro atoms. The predicted molar refractivity (Wildman–Crippen MR) is 93.6 cm³/mol. The summed E-state index contributed by atoms with van der Waals surface area (Å²) in [5.74, 6) is 0. The molecule has 1 aliphatic rings. The fourth-order valence-electron chi connectivity index (χ4n) is 2.97. The van der Waals surface area contributed by atoms with Crippen molar-refractivity contribution in [2.45, 2.75) is 18.0 Å². The fourth-order valence-corrected chi connectivity index (χ4v) is 4.50. The molecule has 26 heavy (non-hydrogen) atoms. The van der Waals surface area contributed by atoms with Crippen LogP contribution in [0.1, 0.15) is 11.1 Å². The van der Waals surface area contributed by atoms with E-state index in [0.29, 0.717) is 18.8 Å². The highest BCUT2D eigenvalue weighted by Crippen LogP contribution is 2.31. The molecule has 1 saturated heterocycles. The highest BCUT2D eigenvalue weighted by molar-refractivity contribution is 7.89. The van der Waals surface area contributed by atoms with Gasteiger partial charge in [0.05, 0.1) is 10.5 Å². The molecule has 0 atom stereocenters. The summed E-state index contributed by atoms with van der Waals surface area (Å²) >= 11 is 0. The molecule has 0 aliphatic carbocycles. The number of hydrogen-bond acceptors (Lipinski definition) is 3. The SMILES string of the molecule is Cc1cccc(S(=O)(=O)N2CCN(c3ccc(C(F)(F)F)cc3)CC2)c1. The zero-order valence-electron chi connectivity index (χ0n) is 14.2. The van der Waals surface area contributed by atoms with Crippen LogP contribution in [0.25, 0.3) is 0 Å². The maximum Gasteiger partial charge on any atom is 0.416 e. The van der Waals surface area contributed by atoms with Crippen LogP contribution in [-0.2, 0) is 16.2 Å². The number of benzene rings is 2. The Bertz CT molecular complexity index is 872. The number of alkyl halides is 3. The van der Waals surface area contributed by atoms with E-state index in [1.807, 2.05) is 17.9 Å². The summed E-state index contributed by atoms with van der Waals surface area (Å²) in [6, 6.07) is 11.7. The number of aryl methyl sites for hydroxylation is 1. The zero-order chi connectivity index (χ0) is 18.9. The third-order valence-corrected chi connectivity index (χ3v) is 6.32. The Hall–Kier alpha value is -2.06. The van der Waals surface area contributed by atoms with E-state index in [2.05, 4.69) is 0 Å². The van der Waals surface area contributed by atoms with Gasteiger partial charge in [-0.25, -0.2) is 8.42 Å². The van der Waals surface area contributed by atoms with Crippen LogP contribution < -0.4 is 4.90 Å². The van der Waals surface area contributed by atoms with Gasteiger partial charge in [-0.15, -0.1) is 0 Å². The maximum atomic E-state index is 12.7. The fraction of sp³-hybridized carbons (Fsp3) is 0.333. The van der Waals surface area contributed by atoms with Crippen molar-refractivity contribution in [1.82, 2.24) is 4.31 Å². The van der Waals surface area contributed by atoms with Crippen LogP contribution in [0, 0.1) is 6.92 Å². The number of piperazine rings is 1. The lowest BCUT2D eigenvalue weighted by Crippen LogP contribution is -2.48. The summed E-state index contributed by atoms with van der Waals surface area (Å²) in [6.45, 7) is 3.27. The standard InChI is InChI=1S/C18H19F3N2O2S/c1-14-3-2-4-17(13-14)26(24,25)23-11-9-22(10-12-23)16-7-5-15(6-8-16)18(19,20)21/h2-8,13H,9-12H2,1H3. The van der Waals surface area contributed by atoms with Crippen molar-refractivity contribution in [2.75, 3.05) is 31.1 Å². The minimum atomic E-state index is -4.36. The summed E-state index contributed by atoms with van der Waals surface area (Å²) in [7, 11) is -3.56. The lowest BCUT2D eigenvalue weighted by atomic mass is 10.2. The van der Waals surface area contributed by atoms with Crippen LogP contribution >= 0.6 is 0 Å². The van der Waals surface area contributed by atoms with Crippen molar-refractivity contribution in [3.8, 4) is 0 Å². The molecule has 0 radical (unpaired) electrons. The molecule has 1 fully saturated rings. The number of sulfonamides is 1. The molecule has 3 rings (SSSR count). The Balaban J connectivity index is 1.69. The van der Waals surface area contributed by atoms with Gasteiger partial charge in [0, 0.05) is 31.9 Å². The average Bonchev–Trinajstić information content (AvgIpc) is 2.61. The minimum Gasteiger partial charge on any atom is -0.369 e. The first-order valence-electron chi connectivity index (χ1n) is 8.17. The highest BCUT2D eigenvalue weighted by atomic mass is 32.2. The summed E-state index contributed by atoms with van der Waals surface area (Å²) < 4.78 is 64.8. The van der Waals surface area contributed by atoms with E-state index >= 15 is 0 Å². The predicted octanol–water partition coefficient (Wildman–Crippen LogP) is 3.52. The molecule has 0 aromatic heterocycles. The summed E-state index contributed by atoms with van der Waals surface area (Å²) in [5.41, 5.74) is 0.835. The molecule has 0 bridgehead atoms. The van der Waals surface area contributed by atoms with Crippen molar-refractivity contribution < 1.29 is 21.6 Å². The lowest BCUT2D eigenvalue weighted by molar-refractivity contribution is -0.137. The molecule has 0 amide bonds. The van der Waals surface area contributed by atoms with Crippen molar-refractivity contribution in [3.05, 3.63) is 59.7 Å². The van der Waals surface area contributed by atoms with E-state index in [4.69, 9.17) is 0 Å². The zero-order valence-corrected chi connectivity index (χ0v) is 15.0. The van der Waals surface area contributed by atoms with Crippen molar-refractivity contribution in [1.29, 1.82) is 0 Å². The van der Waals surface area contributed by atoms with Crippen LogP contribution in [0.3, 0.4) is 0 Å². The minimum absolute atomic E-state index is 0.264. The Morgan fingerprint density at radius 3 is 2.08 bits per heavy atom. The van der Waals surface area contributed by atoms with Crippen molar-refractivity contribution >= 4 is 15.7 Å². The second-order valence-electron chi connectivity index (χ2n) is 6.25. The van der Waals surface area contributed by atoms with Gasteiger partial charge in [0.15, 0.2) is 0 Å². The molecule has 0 unspecified atom stereocenters. The molecule has 1 heterocycles. The van der Waals surface area contributed by atoms with Gasteiger partial charge >= 0.3 is 6.18 Å². The summed E-state index contributed by atoms with van der Waals surface area (Å²) in [6.07, 6.45) is -4.36. The van der Waals surface area contributed by atoms with E-state index in [1.165, 1.54) is 16.4 Å². The molecular weight excluding hydrogens is 365 g/mol. The van der Waals surface area contributed by atoms with E-state index in [0.717, 1.165) is 17.7 Å². The van der Waals surface area contributed by atoms with Gasteiger partial charge in [-0.2, -0.15) is 17.5 Å². The quantitative estimate of drug-likeness (QED) is 0.813. The average molecular weight is 384 g/mol. The van der Waals surface area contributed by atoms with Gasteiger partial charge in [-0.1, -0.05) is 12.1 Å². The van der Waals surface area contributed by atoms with Gasteiger partial charge in [-0.3, -0.25) is 0 Å². The molecule has 1 aliphatic heterocycles. The summed E-state index contributed by atoms with van der Waals surface area (Å²) in [4.78, 5) is 2.16. The number of nitrogens with zero attached hydrogens (tertiary/aromatic N) is 2.